The molecule has 0 radical (unpaired) electrons. The number of thioether (sulfide) groups is 1. The minimum Gasteiger partial charge on any atom is -0.355 e. The van der Waals surface area contributed by atoms with E-state index in [2.05, 4.69) is 22.8 Å². The van der Waals surface area contributed by atoms with Gasteiger partial charge in [-0.3, -0.25) is 4.79 Å². The Bertz CT molecular complexity index is 459. The normalized spacial score (nSPS) is 20.4. The van der Waals surface area contributed by atoms with Crippen molar-refractivity contribution in [1.82, 2.24) is 10.6 Å². The molecule has 1 aliphatic heterocycles. The zero-order valence-corrected chi connectivity index (χ0v) is 13.8. The molecule has 1 aliphatic carbocycles. The summed E-state index contributed by atoms with van der Waals surface area (Å²) in [4.78, 5) is 13.9. The molecule has 21 heavy (non-hydrogen) atoms. The van der Waals surface area contributed by atoms with E-state index in [4.69, 9.17) is 0 Å². The van der Waals surface area contributed by atoms with Gasteiger partial charge in [0.25, 0.3) is 0 Å². The van der Waals surface area contributed by atoms with Crippen molar-refractivity contribution in [2.75, 3.05) is 19.6 Å². The molecule has 0 aromatic heterocycles. The smallest absolute Gasteiger partial charge is 0.236 e. The Kier molecular flexibility index (Phi) is 5.97. The van der Waals surface area contributed by atoms with Gasteiger partial charge in [-0.05, 0) is 25.0 Å². The zero-order chi connectivity index (χ0) is 13.8. The maximum Gasteiger partial charge on any atom is 0.236 e. The fraction of sp³-hybridized carbons (Fsp3) is 0.562. The summed E-state index contributed by atoms with van der Waals surface area (Å²) in [5, 5.41) is 6.44. The van der Waals surface area contributed by atoms with Crippen LogP contribution in [0.5, 0.6) is 0 Å². The van der Waals surface area contributed by atoms with Crippen molar-refractivity contribution in [1.29, 1.82) is 0 Å². The standard InChI is InChI=1S/C16H22N2OS.ClH/c19-15(18-12-13-10-17-11-13)16(8-4-5-9-16)20-14-6-2-1-3-7-14;/h1-3,6-7,13,17H,4-5,8-12H2,(H,18,19);1H. The van der Waals surface area contributed by atoms with E-state index in [1.165, 1.54) is 4.90 Å². The van der Waals surface area contributed by atoms with Gasteiger partial charge >= 0.3 is 0 Å². The highest BCUT2D eigenvalue weighted by Gasteiger charge is 2.42. The third kappa shape index (κ3) is 3.93. The molecule has 2 aliphatic rings. The van der Waals surface area contributed by atoms with Crippen LogP contribution in [0.15, 0.2) is 35.2 Å². The molecule has 1 aromatic rings. The van der Waals surface area contributed by atoms with Gasteiger partial charge in [0.2, 0.25) is 5.91 Å². The summed E-state index contributed by atoms with van der Waals surface area (Å²) in [5.41, 5.74) is 0. The van der Waals surface area contributed by atoms with E-state index in [-0.39, 0.29) is 23.1 Å². The van der Waals surface area contributed by atoms with E-state index in [1.807, 2.05) is 18.2 Å². The molecule has 3 rings (SSSR count). The number of benzene rings is 1. The molecule has 0 bridgehead atoms. The van der Waals surface area contributed by atoms with Crippen molar-refractivity contribution in [2.45, 2.75) is 35.3 Å². The molecule has 1 amide bonds. The first-order chi connectivity index (χ1) is 9.78. The van der Waals surface area contributed by atoms with E-state index in [0.29, 0.717) is 5.92 Å². The lowest BCUT2D eigenvalue weighted by Crippen LogP contribution is -2.51. The molecule has 1 saturated carbocycles. The Morgan fingerprint density at radius 2 is 1.90 bits per heavy atom. The molecule has 0 unspecified atom stereocenters. The molecule has 2 N–H and O–H groups in total. The van der Waals surface area contributed by atoms with Crippen molar-refractivity contribution in [3.63, 3.8) is 0 Å². The van der Waals surface area contributed by atoms with Gasteiger partial charge in [-0.1, -0.05) is 31.0 Å². The molecular formula is C16H23ClN2OS. The SMILES string of the molecule is Cl.O=C(NCC1CNC1)C1(Sc2ccccc2)CCCC1. The van der Waals surface area contributed by atoms with Crippen LogP contribution >= 0.6 is 24.2 Å². The van der Waals surface area contributed by atoms with Crippen LogP contribution in [0.3, 0.4) is 0 Å². The first kappa shape index (κ1) is 16.7. The molecule has 2 fully saturated rings. The lowest BCUT2D eigenvalue weighted by molar-refractivity contribution is -0.123. The fourth-order valence-electron chi connectivity index (χ4n) is 2.93. The second-order valence-corrected chi connectivity index (χ2v) is 7.31. The quantitative estimate of drug-likeness (QED) is 0.874. The number of nitrogens with one attached hydrogen (secondary N) is 2. The lowest BCUT2D eigenvalue weighted by Gasteiger charge is -2.31. The monoisotopic (exact) mass is 326 g/mol. The van der Waals surface area contributed by atoms with Gasteiger partial charge in [0.15, 0.2) is 0 Å². The van der Waals surface area contributed by atoms with Crippen LogP contribution in [0.4, 0.5) is 0 Å². The minimum atomic E-state index is -0.238. The number of hydrogen-bond acceptors (Lipinski definition) is 3. The predicted molar refractivity (Wildman–Crippen MR) is 90.1 cm³/mol. The van der Waals surface area contributed by atoms with E-state index in [1.54, 1.807) is 11.8 Å². The summed E-state index contributed by atoms with van der Waals surface area (Å²) in [6, 6.07) is 10.3. The Hall–Kier alpha value is -0.710. The van der Waals surface area contributed by atoms with Gasteiger partial charge in [0, 0.05) is 30.4 Å². The van der Waals surface area contributed by atoms with Gasteiger partial charge < -0.3 is 10.6 Å². The number of halogens is 1. The van der Waals surface area contributed by atoms with Crippen LogP contribution in [0.1, 0.15) is 25.7 Å². The summed E-state index contributed by atoms with van der Waals surface area (Å²) < 4.78 is -0.238. The van der Waals surface area contributed by atoms with Crippen molar-refractivity contribution < 1.29 is 4.79 Å². The minimum absolute atomic E-state index is 0. The van der Waals surface area contributed by atoms with Gasteiger partial charge in [0.1, 0.15) is 0 Å². The predicted octanol–water partition coefficient (Wildman–Crippen LogP) is 2.85. The van der Waals surface area contributed by atoms with Gasteiger partial charge in [-0.25, -0.2) is 0 Å². The zero-order valence-electron chi connectivity index (χ0n) is 12.1. The third-order valence-electron chi connectivity index (χ3n) is 4.30. The molecule has 1 saturated heterocycles. The second kappa shape index (κ2) is 7.52. The molecule has 3 nitrogen and oxygen atoms in total. The maximum absolute atomic E-state index is 12.7. The lowest BCUT2D eigenvalue weighted by atomic mass is 10.0. The largest absolute Gasteiger partial charge is 0.355 e. The van der Waals surface area contributed by atoms with E-state index in [9.17, 15) is 4.79 Å². The Labute approximate surface area is 137 Å². The van der Waals surface area contributed by atoms with Crippen LogP contribution in [0.25, 0.3) is 0 Å². The van der Waals surface area contributed by atoms with Crippen molar-refractivity contribution in [3.05, 3.63) is 30.3 Å². The Morgan fingerprint density at radius 3 is 2.48 bits per heavy atom. The topological polar surface area (TPSA) is 41.1 Å². The molecule has 5 heteroatoms. The molecule has 1 aromatic carbocycles. The number of hydrogen-bond donors (Lipinski definition) is 2. The summed E-state index contributed by atoms with van der Waals surface area (Å²) in [6.07, 6.45) is 4.33. The highest BCUT2D eigenvalue weighted by Crippen LogP contribution is 2.45. The summed E-state index contributed by atoms with van der Waals surface area (Å²) in [6.45, 7) is 2.90. The first-order valence-corrected chi connectivity index (χ1v) is 8.33. The highest BCUT2D eigenvalue weighted by atomic mass is 35.5. The Balaban J connectivity index is 0.00000161. The number of amides is 1. The molecule has 116 valence electrons. The van der Waals surface area contributed by atoms with Crippen molar-refractivity contribution in [3.8, 4) is 0 Å². The van der Waals surface area contributed by atoms with Crippen LogP contribution in [-0.4, -0.2) is 30.3 Å². The molecule has 1 heterocycles. The van der Waals surface area contributed by atoms with Gasteiger partial charge in [-0.2, -0.15) is 0 Å². The average molecular weight is 327 g/mol. The highest BCUT2D eigenvalue weighted by molar-refractivity contribution is 8.01. The Morgan fingerprint density at radius 1 is 1.24 bits per heavy atom. The maximum atomic E-state index is 12.7. The van der Waals surface area contributed by atoms with Gasteiger partial charge in [0.05, 0.1) is 4.75 Å². The second-order valence-electron chi connectivity index (χ2n) is 5.85. The number of rotatable bonds is 5. The van der Waals surface area contributed by atoms with Gasteiger partial charge in [-0.15, -0.1) is 24.2 Å². The molecule has 0 spiro atoms. The number of carbonyl (C=O) groups is 1. The molecular weight excluding hydrogens is 304 g/mol. The van der Waals surface area contributed by atoms with Crippen LogP contribution in [0.2, 0.25) is 0 Å². The average Bonchev–Trinajstić information content (AvgIpc) is 2.88. The van der Waals surface area contributed by atoms with Crippen LogP contribution in [0, 0.1) is 5.92 Å². The fourth-order valence-corrected chi connectivity index (χ4v) is 4.33. The van der Waals surface area contributed by atoms with E-state index < -0.39 is 0 Å². The first-order valence-electron chi connectivity index (χ1n) is 7.52. The van der Waals surface area contributed by atoms with Crippen LogP contribution < -0.4 is 10.6 Å². The van der Waals surface area contributed by atoms with Crippen molar-refractivity contribution in [2.24, 2.45) is 5.92 Å². The van der Waals surface area contributed by atoms with Crippen LogP contribution in [-0.2, 0) is 4.79 Å². The van der Waals surface area contributed by atoms with Crippen molar-refractivity contribution >= 4 is 30.1 Å². The van der Waals surface area contributed by atoms with E-state index >= 15 is 0 Å². The summed E-state index contributed by atoms with van der Waals surface area (Å²) in [5.74, 6) is 0.870. The number of carbonyl (C=O) groups excluding carboxylic acids is 1. The van der Waals surface area contributed by atoms with E-state index in [0.717, 1.165) is 45.3 Å². The summed E-state index contributed by atoms with van der Waals surface area (Å²) in [7, 11) is 0. The third-order valence-corrected chi connectivity index (χ3v) is 5.79. The summed E-state index contributed by atoms with van der Waals surface area (Å²) >= 11 is 1.76. The molecule has 0 atom stereocenters.